The summed E-state index contributed by atoms with van der Waals surface area (Å²) in [5.41, 5.74) is 3.26. The molecule has 0 amide bonds. The molecule has 3 rings (SSSR count). The lowest BCUT2D eigenvalue weighted by Crippen LogP contribution is -2.40. The van der Waals surface area contributed by atoms with Gasteiger partial charge in [0.05, 0.1) is 11.7 Å². The van der Waals surface area contributed by atoms with Gasteiger partial charge in [0.2, 0.25) is 0 Å². The largest absolute Gasteiger partial charge is 0.301 e. The topological polar surface area (TPSA) is 37.2 Å². The molecule has 120 valence electrons. The Kier molecular flexibility index (Phi) is 4.90. The minimum absolute atomic E-state index is 0.478. The first-order valence-electron chi connectivity index (χ1n) is 7.88. The van der Waals surface area contributed by atoms with Crippen LogP contribution in [0.1, 0.15) is 29.3 Å². The molecule has 3 heterocycles. The van der Waals surface area contributed by atoms with Crippen LogP contribution in [0.2, 0.25) is 0 Å². The normalized spacial score (nSPS) is 23.3. The van der Waals surface area contributed by atoms with Crippen LogP contribution in [-0.2, 0) is 13.6 Å². The van der Waals surface area contributed by atoms with Gasteiger partial charge in [0.15, 0.2) is 0 Å². The summed E-state index contributed by atoms with van der Waals surface area (Å²) in [5.74, 6) is 0.654. The van der Waals surface area contributed by atoms with E-state index in [1.165, 1.54) is 29.8 Å². The van der Waals surface area contributed by atoms with Crippen molar-refractivity contribution in [2.24, 2.45) is 13.0 Å². The second-order valence-electron chi connectivity index (χ2n) is 6.44. The zero-order valence-corrected chi connectivity index (χ0v) is 14.5. The molecule has 6 heteroatoms. The van der Waals surface area contributed by atoms with Crippen molar-refractivity contribution in [1.29, 1.82) is 0 Å². The van der Waals surface area contributed by atoms with Gasteiger partial charge in [-0.2, -0.15) is 5.10 Å². The summed E-state index contributed by atoms with van der Waals surface area (Å²) in [4.78, 5) is 10.4. The van der Waals surface area contributed by atoms with Crippen LogP contribution < -0.4 is 0 Å². The lowest BCUT2D eigenvalue weighted by Gasteiger charge is -2.40. The maximum absolute atomic E-state index is 4.37. The van der Waals surface area contributed by atoms with E-state index in [2.05, 4.69) is 40.2 Å². The number of hydrogen-bond donors (Lipinski definition) is 0. The summed E-state index contributed by atoms with van der Waals surface area (Å²) in [6, 6.07) is 0.478. The third-order valence-electron chi connectivity index (χ3n) is 4.53. The summed E-state index contributed by atoms with van der Waals surface area (Å²) in [6.07, 6.45) is 8.75. The zero-order chi connectivity index (χ0) is 15.5. The Morgan fingerprint density at radius 3 is 2.91 bits per heavy atom. The Labute approximate surface area is 136 Å². The van der Waals surface area contributed by atoms with Gasteiger partial charge in [-0.15, -0.1) is 11.3 Å². The van der Waals surface area contributed by atoms with Gasteiger partial charge in [-0.1, -0.05) is 0 Å². The molecule has 2 aromatic rings. The Balaban J connectivity index is 1.69. The molecule has 0 aromatic carbocycles. The quantitative estimate of drug-likeness (QED) is 0.848. The average molecular weight is 319 g/mol. The lowest BCUT2D eigenvalue weighted by atomic mass is 9.86. The number of aromatic nitrogens is 3. The molecule has 22 heavy (non-hydrogen) atoms. The number of thiazole rings is 1. The van der Waals surface area contributed by atoms with Crippen LogP contribution >= 0.6 is 11.3 Å². The molecule has 1 aliphatic rings. The van der Waals surface area contributed by atoms with Gasteiger partial charge in [0.1, 0.15) is 0 Å². The summed E-state index contributed by atoms with van der Waals surface area (Å²) in [7, 11) is 6.46. The third kappa shape index (κ3) is 3.56. The van der Waals surface area contributed by atoms with Crippen molar-refractivity contribution >= 4 is 11.3 Å². The fourth-order valence-corrected chi connectivity index (χ4v) is 4.30. The maximum atomic E-state index is 4.37. The minimum Gasteiger partial charge on any atom is -0.301 e. The molecule has 0 aliphatic carbocycles. The van der Waals surface area contributed by atoms with E-state index in [0.29, 0.717) is 12.0 Å². The Morgan fingerprint density at radius 2 is 2.23 bits per heavy atom. The first-order valence-corrected chi connectivity index (χ1v) is 8.76. The van der Waals surface area contributed by atoms with Crippen molar-refractivity contribution in [3.63, 3.8) is 0 Å². The Hall–Kier alpha value is -1.24. The standard InChI is InChI=1S/C16H25N5S/c1-19(11-15-8-17-12-22-15)9-13-5-4-6-20(2)16(13)14-7-18-21(3)10-14/h7-8,10,12-13,16H,4-6,9,11H2,1-3H3/t13-,16+/m0/s1. The van der Waals surface area contributed by atoms with E-state index in [0.717, 1.165) is 13.1 Å². The van der Waals surface area contributed by atoms with Crippen LogP contribution in [0.4, 0.5) is 0 Å². The molecule has 0 spiro atoms. The van der Waals surface area contributed by atoms with Gasteiger partial charge >= 0.3 is 0 Å². The molecule has 2 atom stereocenters. The SMILES string of the molecule is CN(Cc1cncs1)C[C@@H]1CCCN(C)[C@H]1c1cnn(C)c1. The van der Waals surface area contributed by atoms with E-state index < -0.39 is 0 Å². The maximum Gasteiger partial charge on any atom is 0.0794 e. The van der Waals surface area contributed by atoms with Crippen molar-refractivity contribution in [1.82, 2.24) is 24.6 Å². The Morgan fingerprint density at radius 1 is 1.36 bits per heavy atom. The van der Waals surface area contributed by atoms with Crippen LogP contribution in [0.3, 0.4) is 0 Å². The highest BCUT2D eigenvalue weighted by molar-refractivity contribution is 7.09. The van der Waals surface area contributed by atoms with Crippen LogP contribution in [-0.4, -0.2) is 51.7 Å². The second-order valence-corrected chi connectivity index (χ2v) is 7.41. The van der Waals surface area contributed by atoms with Crippen molar-refractivity contribution in [3.8, 4) is 0 Å². The highest BCUT2D eigenvalue weighted by Crippen LogP contribution is 2.35. The zero-order valence-electron chi connectivity index (χ0n) is 13.6. The van der Waals surface area contributed by atoms with Crippen LogP contribution in [0.15, 0.2) is 24.1 Å². The molecule has 2 aromatic heterocycles. The Bertz CT molecular complexity index is 579. The highest BCUT2D eigenvalue weighted by atomic mass is 32.1. The van der Waals surface area contributed by atoms with Gasteiger partial charge in [0.25, 0.3) is 0 Å². The monoisotopic (exact) mass is 319 g/mol. The van der Waals surface area contributed by atoms with Crippen LogP contribution in [0.5, 0.6) is 0 Å². The first-order chi connectivity index (χ1) is 10.6. The van der Waals surface area contributed by atoms with Gasteiger partial charge in [-0.05, 0) is 39.4 Å². The number of likely N-dealkylation sites (tertiary alicyclic amines) is 1. The summed E-state index contributed by atoms with van der Waals surface area (Å²) in [6.45, 7) is 3.28. The second kappa shape index (κ2) is 6.89. The van der Waals surface area contributed by atoms with E-state index in [1.807, 2.05) is 29.6 Å². The fraction of sp³-hybridized carbons (Fsp3) is 0.625. The molecule has 0 saturated carbocycles. The molecular formula is C16H25N5S. The van der Waals surface area contributed by atoms with E-state index in [4.69, 9.17) is 0 Å². The van der Waals surface area contributed by atoms with Crippen molar-refractivity contribution in [3.05, 3.63) is 34.5 Å². The van der Waals surface area contributed by atoms with Gasteiger partial charge in [-0.3, -0.25) is 14.6 Å². The van der Waals surface area contributed by atoms with Crippen LogP contribution in [0, 0.1) is 5.92 Å². The van der Waals surface area contributed by atoms with Gasteiger partial charge < -0.3 is 4.90 Å². The number of hydrogen-bond acceptors (Lipinski definition) is 5. The van der Waals surface area contributed by atoms with Crippen molar-refractivity contribution in [2.45, 2.75) is 25.4 Å². The van der Waals surface area contributed by atoms with Crippen molar-refractivity contribution < 1.29 is 0 Å². The molecule has 0 N–H and O–H groups in total. The van der Waals surface area contributed by atoms with E-state index in [9.17, 15) is 0 Å². The summed E-state index contributed by atoms with van der Waals surface area (Å²) < 4.78 is 1.91. The van der Waals surface area contributed by atoms with E-state index in [-0.39, 0.29) is 0 Å². The predicted molar refractivity (Wildman–Crippen MR) is 89.8 cm³/mol. The molecule has 5 nitrogen and oxygen atoms in total. The third-order valence-corrected chi connectivity index (χ3v) is 5.29. The molecule has 1 aliphatic heterocycles. The summed E-state index contributed by atoms with van der Waals surface area (Å²) >= 11 is 1.74. The molecular weight excluding hydrogens is 294 g/mol. The molecule has 1 fully saturated rings. The number of piperidine rings is 1. The number of rotatable bonds is 5. The first kappa shape index (κ1) is 15.6. The molecule has 0 bridgehead atoms. The molecule has 1 saturated heterocycles. The molecule has 0 radical (unpaired) electrons. The van der Waals surface area contributed by atoms with Crippen LogP contribution in [0.25, 0.3) is 0 Å². The summed E-state index contributed by atoms with van der Waals surface area (Å²) in [5, 5.41) is 4.37. The lowest BCUT2D eigenvalue weighted by molar-refractivity contribution is 0.0928. The number of nitrogens with zero attached hydrogens (tertiary/aromatic N) is 5. The number of aryl methyl sites for hydroxylation is 1. The smallest absolute Gasteiger partial charge is 0.0794 e. The van der Waals surface area contributed by atoms with E-state index in [1.54, 1.807) is 11.3 Å². The average Bonchev–Trinajstić information content (AvgIpc) is 3.11. The fourth-order valence-electron chi connectivity index (χ4n) is 3.62. The van der Waals surface area contributed by atoms with E-state index >= 15 is 0 Å². The van der Waals surface area contributed by atoms with Gasteiger partial charge in [-0.25, -0.2) is 0 Å². The molecule has 0 unspecified atom stereocenters. The minimum atomic E-state index is 0.478. The van der Waals surface area contributed by atoms with Gasteiger partial charge in [0, 0.05) is 49.0 Å². The highest BCUT2D eigenvalue weighted by Gasteiger charge is 2.32. The predicted octanol–water partition coefficient (Wildman–Crippen LogP) is 2.39. The van der Waals surface area contributed by atoms with Crippen molar-refractivity contribution in [2.75, 3.05) is 27.2 Å².